The van der Waals surface area contributed by atoms with Crippen molar-refractivity contribution in [1.82, 2.24) is 10.2 Å². The van der Waals surface area contributed by atoms with E-state index in [9.17, 15) is 8.42 Å². The average molecular weight is 366 g/mol. The first-order chi connectivity index (χ1) is 11.7. The van der Waals surface area contributed by atoms with Crippen molar-refractivity contribution in [3.63, 3.8) is 0 Å². The second-order valence-corrected chi connectivity index (χ2v) is 10.4. The number of guanidine groups is 1. The first-order valence-electron chi connectivity index (χ1n) is 9.05. The Bertz CT molecular complexity index is 678. The zero-order valence-electron chi connectivity index (χ0n) is 15.8. The van der Waals surface area contributed by atoms with Crippen LogP contribution in [0.1, 0.15) is 45.6 Å². The maximum atomic E-state index is 12.2. The van der Waals surface area contributed by atoms with Crippen molar-refractivity contribution in [3.8, 4) is 0 Å². The molecule has 1 saturated heterocycles. The fraction of sp³-hybridized carbons (Fsp3) is 0.632. The minimum Gasteiger partial charge on any atom is -0.357 e. The number of rotatable bonds is 5. The third-order valence-corrected chi connectivity index (χ3v) is 7.23. The van der Waals surface area contributed by atoms with Gasteiger partial charge in [0.05, 0.1) is 17.0 Å². The summed E-state index contributed by atoms with van der Waals surface area (Å²) >= 11 is 0. The van der Waals surface area contributed by atoms with Gasteiger partial charge in [0, 0.05) is 25.6 Å². The second kappa shape index (κ2) is 8.21. The van der Waals surface area contributed by atoms with E-state index in [0.717, 1.165) is 32.0 Å². The zero-order chi connectivity index (χ0) is 18.5. The van der Waals surface area contributed by atoms with E-state index in [1.165, 1.54) is 5.56 Å². The fourth-order valence-corrected chi connectivity index (χ4v) is 3.90. The van der Waals surface area contributed by atoms with E-state index < -0.39 is 14.6 Å². The molecule has 1 aliphatic heterocycles. The van der Waals surface area contributed by atoms with Gasteiger partial charge in [-0.15, -0.1) is 0 Å². The smallest absolute Gasteiger partial charge is 0.193 e. The highest BCUT2D eigenvalue weighted by molar-refractivity contribution is 7.92. The molecule has 1 aromatic rings. The normalized spacial score (nSPS) is 19.3. The lowest BCUT2D eigenvalue weighted by molar-refractivity contribution is 0.486. The summed E-state index contributed by atoms with van der Waals surface area (Å²) in [6, 6.07) is 10.5. The van der Waals surface area contributed by atoms with Crippen LogP contribution in [0.3, 0.4) is 0 Å². The molecule has 25 heavy (non-hydrogen) atoms. The molecule has 0 bridgehead atoms. The monoisotopic (exact) mass is 365 g/mol. The highest BCUT2D eigenvalue weighted by Gasteiger charge is 2.29. The van der Waals surface area contributed by atoms with Gasteiger partial charge in [-0.3, -0.25) is 4.99 Å². The molecule has 1 N–H and O–H groups in total. The van der Waals surface area contributed by atoms with Crippen LogP contribution >= 0.6 is 0 Å². The van der Waals surface area contributed by atoms with Gasteiger partial charge < -0.3 is 10.2 Å². The molecule has 5 nitrogen and oxygen atoms in total. The van der Waals surface area contributed by atoms with Gasteiger partial charge in [0.25, 0.3) is 0 Å². The molecule has 1 heterocycles. The number of benzene rings is 1. The van der Waals surface area contributed by atoms with Gasteiger partial charge in [-0.1, -0.05) is 30.3 Å². The Morgan fingerprint density at radius 2 is 1.96 bits per heavy atom. The van der Waals surface area contributed by atoms with Gasteiger partial charge in [0.1, 0.15) is 0 Å². The number of nitrogens with one attached hydrogen (secondary N) is 1. The van der Waals surface area contributed by atoms with E-state index in [1.54, 1.807) is 20.8 Å². The molecular weight excluding hydrogens is 334 g/mol. The van der Waals surface area contributed by atoms with E-state index in [-0.39, 0.29) is 5.75 Å². The molecule has 1 aliphatic rings. The van der Waals surface area contributed by atoms with Crippen molar-refractivity contribution in [3.05, 3.63) is 35.9 Å². The molecule has 0 amide bonds. The Balaban J connectivity index is 2.01. The van der Waals surface area contributed by atoms with Gasteiger partial charge in [0.2, 0.25) is 0 Å². The number of aliphatic imine (C=N–C) groups is 1. The lowest BCUT2D eigenvalue weighted by atomic mass is 9.99. The van der Waals surface area contributed by atoms with Crippen LogP contribution in [0.25, 0.3) is 0 Å². The molecule has 2 rings (SSSR count). The first kappa shape index (κ1) is 19.8. The molecular formula is C19H31N3O2S. The number of nitrogens with zero attached hydrogens (tertiary/aromatic N) is 2. The van der Waals surface area contributed by atoms with Gasteiger partial charge in [0.15, 0.2) is 15.8 Å². The van der Waals surface area contributed by atoms with Gasteiger partial charge in [-0.2, -0.15) is 0 Å². The van der Waals surface area contributed by atoms with Crippen LogP contribution in [-0.2, 0) is 9.84 Å². The van der Waals surface area contributed by atoms with Crippen LogP contribution in [0, 0.1) is 0 Å². The third kappa shape index (κ3) is 5.21. The number of likely N-dealkylation sites (tertiary alicyclic amines) is 1. The maximum Gasteiger partial charge on any atom is 0.193 e. The summed E-state index contributed by atoms with van der Waals surface area (Å²) in [6.07, 6.45) is 1.09. The van der Waals surface area contributed by atoms with Crippen molar-refractivity contribution in [2.45, 2.75) is 44.8 Å². The van der Waals surface area contributed by atoms with Crippen molar-refractivity contribution in [2.75, 3.05) is 31.9 Å². The summed E-state index contributed by atoms with van der Waals surface area (Å²) < 4.78 is 23.8. The molecule has 6 heteroatoms. The van der Waals surface area contributed by atoms with Crippen molar-refractivity contribution < 1.29 is 8.42 Å². The standard InChI is InChI=1S/C19H31N3O2S/c1-5-20-18(21-12-14-25(23,24)19(2,3)4)22-13-11-17(15-22)16-9-7-6-8-10-16/h6-10,17H,5,11-15H2,1-4H3,(H,20,21). The Labute approximate surface area is 152 Å². The molecule has 1 aromatic carbocycles. The van der Waals surface area contributed by atoms with E-state index in [2.05, 4.69) is 39.5 Å². The van der Waals surface area contributed by atoms with Crippen LogP contribution < -0.4 is 5.32 Å². The molecule has 1 atom stereocenters. The van der Waals surface area contributed by atoms with Gasteiger partial charge in [-0.05, 0) is 39.7 Å². The van der Waals surface area contributed by atoms with Crippen LogP contribution in [0.5, 0.6) is 0 Å². The highest BCUT2D eigenvalue weighted by atomic mass is 32.2. The number of hydrogen-bond acceptors (Lipinski definition) is 3. The molecule has 0 aromatic heterocycles. The van der Waals surface area contributed by atoms with Gasteiger partial charge >= 0.3 is 0 Å². The predicted octanol–water partition coefficient (Wildman–Crippen LogP) is 2.65. The number of sulfone groups is 1. The van der Waals surface area contributed by atoms with Crippen LogP contribution in [0.4, 0.5) is 0 Å². The van der Waals surface area contributed by atoms with E-state index in [1.807, 2.05) is 13.0 Å². The van der Waals surface area contributed by atoms with Gasteiger partial charge in [-0.25, -0.2) is 8.42 Å². The second-order valence-electron chi connectivity index (χ2n) is 7.51. The van der Waals surface area contributed by atoms with Crippen molar-refractivity contribution in [2.24, 2.45) is 4.99 Å². The number of hydrogen-bond donors (Lipinski definition) is 1. The Hall–Kier alpha value is -1.56. The first-order valence-corrected chi connectivity index (χ1v) is 10.7. The summed E-state index contributed by atoms with van der Waals surface area (Å²) in [5, 5.41) is 3.30. The van der Waals surface area contributed by atoms with Crippen LogP contribution in [-0.4, -0.2) is 56.0 Å². The van der Waals surface area contributed by atoms with Crippen molar-refractivity contribution >= 4 is 15.8 Å². The van der Waals surface area contributed by atoms with Crippen LogP contribution in [0.2, 0.25) is 0 Å². The summed E-state index contributed by atoms with van der Waals surface area (Å²) in [4.78, 5) is 6.82. The average Bonchev–Trinajstić information content (AvgIpc) is 3.03. The van der Waals surface area contributed by atoms with E-state index in [4.69, 9.17) is 0 Å². The lowest BCUT2D eigenvalue weighted by Gasteiger charge is -2.22. The fourth-order valence-electron chi connectivity index (χ4n) is 2.95. The quantitative estimate of drug-likeness (QED) is 0.644. The molecule has 0 aliphatic carbocycles. The zero-order valence-corrected chi connectivity index (χ0v) is 16.6. The topological polar surface area (TPSA) is 61.8 Å². The van der Waals surface area contributed by atoms with Crippen molar-refractivity contribution in [1.29, 1.82) is 0 Å². The minimum atomic E-state index is -3.14. The molecule has 0 radical (unpaired) electrons. The Morgan fingerprint density at radius 3 is 2.56 bits per heavy atom. The SMILES string of the molecule is CCNC(=NCCS(=O)(=O)C(C)(C)C)N1CCC(c2ccccc2)C1. The lowest BCUT2D eigenvalue weighted by Crippen LogP contribution is -2.40. The molecule has 0 saturated carbocycles. The van der Waals surface area contributed by atoms with Crippen LogP contribution in [0.15, 0.2) is 35.3 Å². The predicted molar refractivity (Wildman–Crippen MR) is 105 cm³/mol. The molecule has 0 spiro atoms. The molecule has 1 fully saturated rings. The highest BCUT2D eigenvalue weighted by Crippen LogP contribution is 2.26. The largest absolute Gasteiger partial charge is 0.357 e. The summed E-state index contributed by atoms with van der Waals surface area (Å²) in [7, 11) is -3.14. The third-order valence-electron chi connectivity index (χ3n) is 4.65. The van der Waals surface area contributed by atoms with E-state index in [0.29, 0.717) is 12.5 Å². The Kier molecular flexibility index (Phi) is 6.49. The summed E-state index contributed by atoms with van der Waals surface area (Å²) in [6.45, 7) is 10.2. The summed E-state index contributed by atoms with van der Waals surface area (Å²) in [5.41, 5.74) is 1.36. The minimum absolute atomic E-state index is 0.0847. The molecule has 1 unspecified atom stereocenters. The van der Waals surface area contributed by atoms with E-state index >= 15 is 0 Å². The Morgan fingerprint density at radius 1 is 1.28 bits per heavy atom. The molecule has 140 valence electrons. The maximum absolute atomic E-state index is 12.2. The summed E-state index contributed by atoms with van der Waals surface area (Å²) in [5.74, 6) is 1.41.